The number of nitro groups is 1. The zero-order valence-electron chi connectivity index (χ0n) is 19.5. The van der Waals surface area contributed by atoms with Crippen LogP contribution in [-0.2, 0) is 17.8 Å². The molecule has 35 heavy (non-hydrogen) atoms. The molecule has 0 unspecified atom stereocenters. The molecule has 0 radical (unpaired) electrons. The van der Waals surface area contributed by atoms with Gasteiger partial charge in [-0.05, 0) is 41.3 Å². The van der Waals surface area contributed by atoms with Crippen LogP contribution in [0.4, 0.5) is 17.1 Å². The SMILES string of the molecule is O=C(C=Cc1ccccc1)N1CCN(c2ccc([N+](=O)[O-])c(N3CCc4ccccc4C3)c2)CC1. The van der Waals surface area contributed by atoms with Gasteiger partial charge in [0.15, 0.2) is 0 Å². The molecular weight excluding hydrogens is 440 g/mol. The van der Waals surface area contributed by atoms with Crippen LogP contribution >= 0.6 is 0 Å². The van der Waals surface area contributed by atoms with Crippen molar-refractivity contribution in [3.05, 3.63) is 106 Å². The van der Waals surface area contributed by atoms with E-state index < -0.39 is 0 Å². The smallest absolute Gasteiger partial charge is 0.292 e. The van der Waals surface area contributed by atoms with Gasteiger partial charge in [-0.3, -0.25) is 14.9 Å². The molecule has 3 aromatic carbocycles. The topological polar surface area (TPSA) is 69.9 Å². The third-order valence-corrected chi connectivity index (χ3v) is 6.80. The number of amides is 1. The number of anilines is 2. The maximum Gasteiger partial charge on any atom is 0.292 e. The highest BCUT2D eigenvalue weighted by molar-refractivity contribution is 5.92. The van der Waals surface area contributed by atoms with E-state index in [1.54, 1.807) is 12.1 Å². The predicted molar refractivity (Wildman–Crippen MR) is 139 cm³/mol. The summed E-state index contributed by atoms with van der Waals surface area (Å²) < 4.78 is 0. The highest BCUT2D eigenvalue weighted by Crippen LogP contribution is 2.35. The molecule has 0 aliphatic carbocycles. The summed E-state index contributed by atoms with van der Waals surface area (Å²) in [4.78, 5) is 30.3. The maximum atomic E-state index is 12.6. The third-order valence-electron chi connectivity index (χ3n) is 6.80. The summed E-state index contributed by atoms with van der Waals surface area (Å²) in [6.07, 6.45) is 4.34. The van der Waals surface area contributed by atoms with Crippen LogP contribution in [0.3, 0.4) is 0 Å². The Morgan fingerprint density at radius 3 is 2.29 bits per heavy atom. The number of rotatable bonds is 5. The van der Waals surface area contributed by atoms with Crippen molar-refractivity contribution in [2.45, 2.75) is 13.0 Å². The Kier molecular flexibility index (Phi) is 6.48. The van der Waals surface area contributed by atoms with Gasteiger partial charge in [0, 0.05) is 57.1 Å². The fraction of sp³-hybridized carbons (Fsp3) is 0.250. The Labute approximate surface area is 205 Å². The second-order valence-electron chi connectivity index (χ2n) is 8.93. The maximum absolute atomic E-state index is 12.6. The van der Waals surface area contributed by atoms with Crippen molar-refractivity contribution >= 4 is 29.0 Å². The number of carbonyl (C=O) groups excluding carboxylic acids is 1. The Hall–Kier alpha value is -4.13. The molecule has 178 valence electrons. The number of nitrogens with zero attached hydrogens (tertiary/aromatic N) is 4. The lowest BCUT2D eigenvalue weighted by molar-refractivity contribution is -0.384. The first-order valence-electron chi connectivity index (χ1n) is 12.0. The average Bonchev–Trinajstić information content (AvgIpc) is 2.91. The Morgan fingerprint density at radius 1 is 0.829 bits per heavy atom. The highest BCUT2D eigenvalue weighted by Gasteiger charge is 2.26. The third kappa shape index (κ3) is 5.04. The highest BCUT2D eigenvalue weighted by atomic mass is 16.6. The van der Waals surface area contributed by atoms with Crippen molar-refractivity contribution in [2.24, 2.45) is 0 Å². The van der Waals surface area contributed by atoms with Gasteiger partial charge in [-0.1, -0.05) is 54.6 Å². The van der Waals surface area contributed by atoms with E-state index in [1.165, 1.54) is 11.1 Å². The zero-order chi connectivity index (χ0) is 24.2. The lowest BCUT2D eigenvalue weighted by Crippen LogP contribution is -2.48. The van der Waals surface area contributed by atoms with Crippen molar-refractivity contribution in [3.8, 4) is 0 Å². The molecular formula is C28H28N4O3. The van der Waals surface area contributed by atoms with E-state index in [9.17, 15) is 14.9 Å². The van der Waals surface area contributed by atoms with Gasteiger partial charge in [0.2, 0.25) is 5.91 Å². The molecule has 0 saturated carbocycles. The van der Waals surface area contributed by atoms with Crippen LogP contribution in [0.25, 0.3) is 6.08 Å². The molecule has 0 atom stereocenters. The van der Waals surface area contributed by atoms with E-state index >= 15 is 0 Å². The molecule has 2 aliphatic rings. The van der Waals surface area contributed by atoms with E-state index in [0.29, 0.717) is 38.4 Å². The van der Waals surface area contributed by atoms with Gasteiger partial charge in [-0.15, -0.1) is 0 Å². The molecule has 7 heteroatoms. The van der Waals surface area contributed by atoms with E-state index in [-0.39, 0.29) is 16.5 Å². The van der Waals surface area contributed by atoms with Gasteiger partial charge >= 0.3 is 0 Å². The van der Waals surface area contributed by atoms with Crippen LogP contribution < -0.4 is 9.80 Å². The molecule has 1 fully saturated rings. The Balaban J connectivity index is 1.28. The summed E-state index contributed by atoms with van der Waals surface area (Å²) in [5.41, 5.74) is 5.27. The van der Waals surface area contributed by atoms with Gasteiger partial charge < -0.3 is 14.7 Å². The fourth-order valence-electron chi connectivity index (χ4n) is 4.84. The first-order valence-corrected chi connectivity index (χ1v) is 12.0. The van der Waals surface area contributed by atoms with Crippen LogP contribution in [-0.4, -0.2) is 48.5 Å². The van der Waals surface area contributed by atoms with Crippen molar-refractivity contribution in [2.75, 3.05) is 42.5 Å². The molecule has 3 aromatic rings. The average molecular weight is 469 g/mol. The van der Waals surface area contributed by atoms with Crippen LogP contribution in [0.15, 0.2) is 78.9 Å². The quantitative estimate of drug-likeness (QED) is 0.313. The van der Waals surface area contributed by atoms with Gasteiger partial charge in [0.05, 0.1) is 4.92 Å². The summed E-state index contributed by atoms with van der Waals surface area (Å²) in [5, 5.41) is 11.8. The molecule has 0 N–H and O–H groups in total. The molecule has 5 rings (SSSR count). The minimum absolute atomic E-state index is 0.00451. The molecule has 2 aliphatic heterocycles. The van der Waals surface area contributed by atoms with E-state index in [1.807, 2.05) is 65.6 Å². The van der Waals surface area contributed by atoms with Crippen LogP contribution in [0.5, 0.6) is 0 Å². The van der Waals surface area contributed by atoms with Crippen molar-refractivity contribution in [1.29, 1.82) is 0 Å². The second kappa shape index (κ2) is 10.0. The minimum atomic E-state index is -0.296. The molecule has 0 spiro atoms. The predicted octanol–water partition coefficient (Wildman–Crippen LogP) is 4.52. The number of hydrogen-bond donors (Lipinski definition) is 0. The Morgan fingerprint density at radius 2 is 1.54 bits per heavy atom. The molecule has 0 aromatic heterocycles. The van der Waals surface area contributed by atoms with Gasteiger partial charge in [-0.25, -0.2) is 0 Å². The number of benzene rings is 3. The standard InChI is InChI=1S/C28H28N4O3/c33-28(13-10-22-6-2-1-3-7-22)30-18-16-29(17-19-30)25-11-12-26(32(34)35)27(20-25)31-15-14-23-8-4-5-9-24(23)21-31/h1-13,20H,14-19,21H2. The Bertz CT molecular complexity index is 1250. The monoisotopic (exact) mass is 468 g/mol. The van der Waals surface area contributed by atoms with Crippen LogP contribution in [0.1, 0.15) is 16.7 Å². The molecule has 1 amide bonds. The van der Waals surface area contributed by atoms with Gasteiger partial charge in [0.1, 0.15) is 5.69 Å². The second-order valence-corrected chi connectivity index (χ2v) is 8.93. The largest absolute Gasteiger partial charge is 0.368 e. The lowest BCUT2D eigenvalue weighted by atomic mass is 9.99. The minimum Gasteiger partial charge on any atom is -0.368 e. The lowest BCUT2D eigenvalue weighted by Gasteiger charge is -2.36. The summed E-state index contributed by atoms with van der Waals surface area (Å²) in [6, 6.07) is 23.5. The first kappa shape index (κ1) is 22.7. The van der Waals surface area contributed by atoms with Crippen molar-refractivity contribution in [3.63, 3.8) is 0 Å². The summed E-state index contributed by atoms with van der Waals surface area (Å²) in [6.45, 7) is 4.01. The molecule has 2 heterocycles. The number of carbonyl (C=O) groups is 1. The summed E-state index contributed by atoms with van der Waals surface area (Å²) >= 11 is 0. The van der Waals surface area contributed by atoms with E-state index in [2.05, 4.69) is 21.9 Å². The number of nitro benzene ring substituents is 1. The normalized spacial score (nSPS) is 15.8. The van der Waals surface area contributed by atoms with Crippen molar-refractivity contribution < 1.29 is 9.72 Å². The molecule has 7 nitrogen and oxygen atoms in total. The number of hydrogen-bond acceptors (Lipinski definition) is 5. The van der Waals surface area contributed by atoms with Crippen LogP contribution in [0, 0.1) is 10.1 Å². The van der Waals surface area contributed by atoms with E-state index in [4.69, 9.17) is 0 Å². The summed E-state index contributed by atoms with van der Waals surface area (Å²) in [7, 11) is 0. The molecule has 0 bridgehead atoms. The van der Waals surface area contributed by atoms with Crippen LogP contribution in [0.2, 0.25) is 0 Å². The van der Waals surface area contributed by atoms with Crippen molar-refractivity contribution in [1.82, 2.24) is 4.90 Å². The summed E-state index contributed by atoms with van der Waals surface area (Å²) in [5.74, 6) is 0.00451. The van der Waals surface area contributed by atoms with Gasteiger partial charge in [0.25, 0.3) is 5.69 Å². The molecule has 1 saturated heterocycles. The zero-order valence-corrected chi connectivity index (χ0v) is 19.5. The van der Waals surface area contributed by atoms with Gasteiger partial charge in [-0.2, -0.15) is 0 Å². The number of fused-ring (bicyclic) bond motifs is 1. The first-order chi connectivity index (χ1) is 17.1. The van der Waals surface area contributed by atoms with E-state index in [0.717, 1.165) is 24.2 Å². The number of piperazine rings is 1. The fourth-order valence-corrected chi connectivity index (χ4v) is 4.84.